The Bertz CT molecular complexity index is 794. The summed E-state index contributed by atoms with van der Waals surface area (Å²) in [6.45, 7) is 9.43. The van der Waals surface area contributed by atoms with Crippen LogP contribution in [-0.2, 0) is 14.1 Å². The zero-order chi connectivity index (χ0) is 20.2. The minimum absolute atomic E-state index is 0.00960. The Morgan fingerprint density at radius 2 is 1.85 bits per heavy atom. The molecule has 2 rings (SSSR count). The predicted molar refractivity (Wildman–Crippen MR) is 108 cm³/mol. The monoisotopic (exact) mass is 385 g/mol. The maximum absolute atomic E-state index is 12.0. The van der Waals surface area contributed by atoms with Gasteiger partial charge in [-0.1, -0.05) is 36.0 Å². The number of nitrogens with zero attached hydrogens (tertiary/aromatic N) is 1. The normalized spacial score (nSPS) is 18.2. The third-order valence-electron chi connectivity index (χ3n) is 4.80. The molecule has 1 heterocycles. The summed E-state index contributed by atoms with van der Waals surface area (Å²) in [7, 11) is -0.569. The molecule has 1 aromatic carbocycles. The maximum Gasteiger partial charge on any atom is 0.491 e. The molecule has 5 nitrogen and oxygen atoms in total. The van der Waals surface area contributed by atoms with Crippen LogP contribution in [0.4, 0.5) is 0 Å². The minimum Gasteiger partial charge on any atom is -0.400 e. The Kier molecular flexibility index (Phi) is 6.69. The number of benzene rings is 1. The van der Waals surface area contributed by atoms with E-state index in [0.29, 0.717) is 11.3 Å². The van der Waals surface area contributed by atoms with Crippen LogP contribution in [-0.4, -0.2) is 35.0 Å². The lowest BCUT2D eigenvalue weighted by molar-refractivity contribution is -0.109. The predicted octanol–water partition coefficient (Wildman–Crippen LogP) is 4.08. The molecule has 0 spiro atoms. The molecule has 0 N–H and O–H groups in total. The van der Waals surface area contributed by atoms with Gasteiger partial charge < -0.3 is 9.31 Å². The van der Waals surface area contributed by atoms with Crippen molar-refractivity contribution in [3.8, 4) is 6.07 Å². The second-order valence-corrected chi connectivity index (χ2v) is 8.62. The molecule has 27 heavy (non-hydrogen) atoms. The van der Waals surface area contributed by atoms with E-state index in [4.69, 9.17) is 14.6 Å². The first-order valence-electron chi connectivity index (χ1n) is 8.75. The molecule has 0 unspecified atom stereocenters. The Balaban J connectivity index is 2.35. The molecule has 0 aromatic heterocycles. The summed E-state index contributed by atoms with van der Waals surface area (Å²) in [6, 6.07) is 8.95. The Labute approximate surface area is 165 Å². The summed E-state index contributed by atoms with van der Waals surface area (Å²) in [5, 5.41) is 8.74. The maximum atomic E-state index is 12.0. The average Bonchev–Trinajstić information content (AvgIpc) is 2.79. The van der Waals surface area contributed by atoms with Crippen molar-refractivity contribution >= 4 is 35.9 Å². The van der Waals surface area contributed by atoms with Gasteiger partial charge in [0.05, 0.1) is 23.7 Å². The standard InChI is InChI=1S/C20H24BNO4S/c1-14(23)27-13-17(21-25-19(2,3)20(4,5)26-21)12-15-7-6-8-16(11-15)18(24)9-10-22/h6-8,11-12H,9,13H2,1-5H3. The summed E-state index contributed by atoms with van der Waals surface area (Å²) >= 11 is 1.19. The minimum atomic E-state index is -0.569. The van der Waals surface area contributed by atoms with Gasteiger partial charge >= 0.3 is 7.12 Å². The van der Waals surface area contributed by atoms with Gasteiger partial charge in [-0.2, -0.15) is 5.26 Å². The summed E-state index contributed by atoms with van der Waals surface area (Å²) in [4.78, 5) is 23.4. The number of nitriles is 1. The highest BCUT2D eigenvalue weighted by atomic mass is 32.2. The Hall–Kier alpha value is -1.88. The number of hydrogen-bond acceptors (Lipinski definition) is 6. The molecule has 0 amide bonds. The highest BCUT2D eigenvalue weighted by Gasteiger charge is 2.52. The fourth-order valence-corrected chi connectivity index (χ4v) is 3.14. The zero-order valence-corrected chi connectivity index (χ0v) is 17.2. The SMILES string of the molecule is CC(=O)SCC(=Cc1cccc(C(=O)CC#N)c1)B1OC(C)(C)C(C)(C)O1. The molecule has 1 aliphatic heterocycles. The van der Waals surface area contributed by atoms with Gasteiger partial charge in [0.15, 0.2) is 10.9 Å². The van der Waals surface area contributed by atoms with Crippen LogP contribution in [0.1, 0.15) is 57.0 Å². The van der Waals surface area contributed by atoms with Crippen molar-refractivity contribution in [3.63, 3.8) is 0 Å². The molecule has 1 fully saturated rings. The van der Waals surface area contributed by atoms with Crippen LogP contribution in [0.15, 0.2) is 29.7 Å². The van der Waals surface area contributed by atoms with Crippen LogP contribution in [0.2, 0.25) is 0 Å². The number of ketones is 1. The molecule has 0 aliphatic carbocycles. The smallest absolute Gasteiger partial charge is 0.400 e. The topological polar surface area (TPSA) is 76.4 Å². The molecule has 0 saturated carbocycles. The van der Waals surface area contributed by atoms with E-state index in [1.165, 1.54) is 18.7 Å². The third kappa shape index (κ3) is 5.32. The van der Waals surface area contributed by atoms with Crippen LogP contribution in [0, 0.1) is 11.3 Å². The molecule has 1 aromatic rings. The van der Waals surface area contributed by atoms with Gasteiger partial charge in [0.2, 0.25) is 0 Å². The van der Waals surface area contributed by atoms with Crippen LogP contribution < -0.4 is 0 Å². The van der Waals surface area contributed by atoms with Gasteiger partial charge in [-0.3, -0.25) is 9.59 Å². The number of carbonyl (C=O) groups excluding carboxylic acids is 2. The van der Waals surface area contributed by atoms with Crippen molar-refractivity contribution < 1.29 is 18.9 Å². The molecule has 0 atom stereocenters. The number of carbonyl (C=O) groups is 2. The van der Waals surface area contributed by atoms with Crippen LogP contribution in [0.25, 0.3) is 6.08 Å². The van der Waals surface area contributed by atoms with Gasteiger partial charge in [-0.25, -0.2) is 0 Å². The van der Waals surface area contributed by atoms with E-state index in [-0.39, 0.29) is 17.3 Å². The number of rotatable bonds is 6. The fraction of sp³-hybridized carbons (Fsp3) is 0.450. The van der Waals surface area contributed by atoms with Crippen LogP contribution >= 0.6 is 11.8 Å². The number of thioether (sulfide) groups is 1. The third-order valence-corrected chi connectivity index (χ3v) is 5.68. The van der Waals surface area contributed by atoms with Gasteiger partial charge in [0.25, 0.3) is 0 Å². The molecule has 7 heteroatoms. The van der Waals surface area contributed by atoms with E-state index in [9.17, 15) is 9.59 Å². The second kappa shape index (κ2) is 8.43. The summed E-state index contributed by atoms with van der Waals surface area (Å²) < 4.78 is 12.2. The van der Waals surface area contributed by atoms with Gasteiger partial charge in [-0.15, -0.1) is 0 Å². The Morgan fingerprint density at radius 3 is 2.41 bits per heavy atom. The van der Waals surface area contributed by atoms with Crippen LogP contribution in [0.5, 0.6) is 0 Å². The molecular formula is C20H24BNO4S. The zero-order valence-electron chi connectivity index (χ0n) is 16.4. The van der Waals surface area contributed by atoms with Gasteiger partial charge in [-0.05, 0) is 44.8 Å². The second-order valence-electron chi connectivity index (χ2n) is 7.47. The molecular weight excluding hydrogens is 361 g/mol. The summed E-state index contributed by atoms with van der Waals surface area (Å²) in [6.07, 6.45) is 1.73. The van der Waals surface area contributed by atoms with Crippen molar-refractivity contribution in [1.82, 2.24) is 0 Å². The fourth-order valence-electron chi connectivity index (χ4n) is 2.55. The average molecular weight is 385 g/mol. The first-order valence-corrected chi connectivity index (χ1v) is 9.74. The largest absolute Gasteiger partial charge is 0.491 e. The highest BCUT2D eigenvalue weighted by molar-refractivity contribution is 8.13. The molecule has 0 bridgehead atoms. The molecule has 142 valence electrons. The van der Waals surface area contributed by atoms with Crippen molar-refractivity contribution in [2.24, 2.45) is 0 Å². The van der Waals surface area contributed by atoms with Crippen LogP contribution in [0.3, 0.4) is 0 Å². The lowest BCUT2D eigenvalue weighted by Crippen LogP contribution is -2.41. The van der Waals surface area contributed by atoms with Crippen molar-refractivity contribution in [2.45, 2.75) is 52.2 Å². The molecule has 1 aliphatic rings. The number of hydrogen-bond donors (Lipinski definition) is 0. The van der Waals surface area contributed by atoms with E-state index in [0.717, 1.165) is 11.0 Å². The number of Topliss-reactive ketones (excluding diaryl/α,β-unsaturated/α-hetero) is 1. The molecule has 1 saturated heterocycles. The van der Waals surface area contributed by atoms with Gasteiger partial charge in [0, 0.05) is 18.2 Å². The lowest BCUT2D eigenvalue weighted by atomic mass is 9.78. The van der Waals surface area contributed by atoms with E-state index in [1.807, 2.05) is 45.9 Å². The van der Waals surface area contributed by atoms with E-state index in [1.54, 1.807) is 18.2 Å². The quantitative estimate of drug-likeness (QED) is 0.543. The lowest BCUT2D eigenvalue weighted by Gasteiger charge is -2.32. The van der Waals surface area contributed by atoms with E-state index < -0.39 is 18.3 Å². The summed E-state index contributed by atoms with van der Waals surface area (Å²) in [5.41, 5.74) is 1.13. The highest BCUT2D eigenvalue weighted by Crippen LogP contribution is 2.39. The first-order chi connectivity index (χ1) is 12.6. The van der Waals surface area contributed by atoms with E-state index in [2.05, 4.69) is 0 Å². The Morgan fingerprint density at radius 1 is 1.22 bits per heavy atom. The first kappa shape index (κ1) is 21.4. The van der Waals surface area contributed by atoms with Gasteiger partial charge in [0.1, 0.15) is 0 Å². The van der Waals surface area contributed by atoms with Crippen molar-refractivity contribution in [2.75, 3.05) is 5.75 Å². The summed E-state index contributed by atoms with van der Waals surface area (Å²) in [5.74, 6) is 0.214. The molecule has 0 radical (unpaired) electrons. The van der Waals surface area contributed by atoms with Crippen molar-refractivity contribution in [1.29, 1.82) is 5.26 Å². The van der Waals surface area contributed by atoms with E-state index >= 15 is 0 Å². The van der Waals surface area contributed by atoms with Crippen molar-refractivity contribution in [3.05, 3.63) is 40.9 Å².